The van der Waals surface area contributed by atoms with Gasteiger partial charge in [-0.05, 0) is 76.9 Å². The Morgan fingerprint density at radius 1 is 0.435 bits per heavy atom. The summed E-state index contributed by atoms with van der Waals surface area (Å²) in [5.74, 6) is 0. The maximum atomic E-state index is 10.5. The fourth-order valence-electron chi connectivity index (χ4n) is 13.4. The molecule has 0 amide bonds. The van der Waals surface area contributed by atoms with Crippen molar-refractivity contribution in [2.45, 2.75) is 208 Å². The second-order valence-electron chi connectivity index (χ2n) is 26.5. The van der Waals surface area contributed by atoms with Crippen LogP contribution in [0.2, 0.25) is 0 Å². The van der Waals surface area contributed by atoms with Crippen LogP contribution in [0.4, 0.5) is 22.7 Å². The zero-order valence-corrected chi connectivity index (χ0v) is 59.1. The number of aliphatic hydroxyl groups is 14. The Labute approximate surface area is 612 Å². The summed E-state index contributed by atoms with van der Waals surface area (Å²) >= 11 is 0. The fourth-order valence-corrected chi connectivity index (χ4v) is 13.4. The summed E-state index contributed by atoms with van der Waals surface area (Å²) < 4.78 is 41.4. The van der Waals surface area contributed by atoms with Crippen molar-refractivity contribution in [3.63, 3.8) is 0 Å². The van der Waals surface area contributed by atoms with Crippen molar-refractivity contribution >= 4 is 78.4 Å². The molecule has 5 fully saturated rings. The fraction of sp³-hybridized carbons (Fsp3) is 0.507. The van der Waals surface area contributed by atoms with E-state index in [1.807, 2.05) is 19.9 Å². The summed E-state index contributed by atoms with van der Waals surface area (Å²) in [6.45, 7) is 11.3. The molecule has 108 heavy (non-hydrogen) atoms. The van der Waals surface area contributed by atoms with Gasteiger partial charge in [0.1, 0.15) is 126 Å². The van der Waals surface area contributed by atoms with Gasteiger partial charge >= 0.3 is 0 Å². The minimum absolute atomic E-state index is 0.400. The predicted octanol–water partition coefficient (Wildman–Crippen LogP) is -2.17. The van der Waals surface area contributed by atoms with Crippen molar-refractivity contribution in [3.8, 4) is 0 Å². The van der Waals surface area contributed by atoms with Gasteiger partial charge in [0.2, 0.25) is 0 Å². The topological polar surface area (TPSA) is 625 Å². The Morgan fingerprint density at radius 3 is 1.14 bits per heavy atom. The van der Waals surface area contributed by atoms with Crippen molar-refractivity contribution in [2.24, 2.45) is 0 Å². The lowest BCUT2D eigenvalue weighted by Gasteiger charge is -2.19. The van der Waals surface area contributed by atoms with Gasteiger partial charge in [0, 0.05) is 43.0 Å². The van der Waals surface area contributed by atoms with Gasteiger partial charge in [0.05, 0.1) is 96.2 Å². The molecule has 41 nitrogen and oxygen atoms in total. The van der Waals surface area contributed by atoms with Gasteiger partial charge in [-0.25, -0.2) is 49.8 Å². The first-order valence-corrected chi connectivity index (χ1v) is 34.7. The molecule has 0 saturated carbocycles. The van der Waals surface area contributed by atoms with E-state index in [1.165, 1.54) is 88.5 Å². The predicted molar refractivity (Wildman–Crippen MR) is 378 cm³/mol. The van der Waals surface area contributed by atoms with Gasteiger partial charge in [0.15, 0.2) is 53.7 Å². The molecule has 5 aliphatic rings. The highest BCUT2D eigenvalue weighted by atomic mass is 16.6. The summed E-state index contributed by atoms with van der Waals surface area (Å²) in [4.78, 5) is 41.7. The number of H-pyrrole nitrogens is 1. The highest BCUT2D eigenvalue weighted by Crippen LogP contribution is 2.42. The van der Waals surface area contributed by atoms with E-state index in [9.17, 15) is 71.5 Å². The average Bonchev–Trinajstić information content (AvgIpc) is 1.63. The molecule has 16 rings (SSSR count). The van der Waals surface area contributed by atoms with E-state index < -0.39 is 147 Å². The number of aryl methyl sites for hydroxylation is 1. The number of ether oxygens (including phenoxy) is 6. The summed E-state index contributed by atoms with van der Waals surface area (Å²) in [6.07, 6.45) is -7.64. The Morgan fingerprint density at radius 2 is 0.787 bits per heavy atom. The molecule has 5 aliphatic heterocycles. The van der Waals surface area contributed by atoms with E-state index in [2.05, 4.69) is 60.0 Å². The standard InChI is InChI=1S/C17H21N5O4.2C13H18N4O4.2C12H16N4O4/c1-3-25-7-10-6-12(21-20-10)15-13(23)14(24)17(26-15)22-5-4-11-9(2)18-8-19-16(11)22;2*1-2-7(18)11-9(19)10(20)13(21-11)17-5-16-8-6(14)3-4-15-12(8)17;2*1-5(17)10-8(18)9(19)12(20-10)16-4-15-7-6(13)2-3-14-11(7)16/h4-6,8,13-15,17,23-24H,3,7H2,1-2H3,(H,20,21);2*3-5,7,9-11,13,18-20H,2H2,1H3,(H2,14,15);2*2-5,8-10,12,17-19H,1H3,(H2,13,14)/t13-,14+,15-,17+;7-,9+,10-,11-,13-;7-,9-,10+,11+,13+;5-,8+,9-,10-,12-;5-,8-,9+,10+,12+/m01010/s1. The van der Waals surface area contributed by atoms with Crippen molar-refractivity contribution < 1.29 is 99.9 Å². The molecule has 11 aromatic rings. The number of aromatic nitrogens is 17. The number of nitrogens with zero attached hydrogens (tertiary/aromatic N) is 16. The van der Waals surface area contributed by atoms with Gasteiger partial charge in [-0.3, -0.25) is 23.4 Å². The molecular weight excluding hydrogens is 1420 g/mol. The molecule has 41 heteroatoms. The quantitative estimate of drug-likeness (QED) is 0.0519. The van der Waals surface area contributed by atoms with E-state index >= 15 is 0 Å². The molecular formula is C67H89N21O20. The Kier molecular flexibility index (Phi) is 23.8. The second-order valence-corrected chi connectivity index (χ2v) is 26.5. The number of imidazole rings is 4. The third kappa shape index (κ3) is 15.0. The molecule has 5 saturated heterocycles. The second kappa shape index (κ2) is 32.9. The first-order chi connectivity index (χ1) is 51.7. The molecule has 0 aliphatic carbocycles. The lowest BCUT2D eigenvalue weighted by atomic mass is 10.0. The third-order valence-electron chi connectivity index (χ3n) is 19.3. The monoisotopic (exact) mass is 1510 g/mol. The minimum Gasteiger partial charge on any atom is -0.397 e. The molecule has 0 bridgehead atoms. The number of nitrogens with two attached hydrogens (primary N) is 4. The van der Waals surface area contributed by atoms with Crippen molar-refractivity contribution in [3.05, 3.63) is 116 Å². The van der Waals surface area contributed by atoms with Crippen LogP contribution in [0.25, 0.3) is 55.7 Å². The number of nitrogen functional groups attached to an aromatic ring is 4. The third-order valence-corrected chi connectivity index (χ3v) is 19.3. The maximum absolute atomic E-state index is 10.5. The largest absolute Gasteiger partial charge is 0.397 e. The number of aromatic amines is 1. The number of hydrogen-bond donors (Lipinski definition) is 19. The Hall–Kier alpha value is -9.29. The van der Waals surface area contributed by atoms with Crippen LogP contribution in [-0.4, -0.2) is 271 Å². The normalized spacial score (nSPS) is 30.0. The number of anilines is 4. The van der Waals surface area contributed by atoms with Crippen LogP contribution in [0.5, 0.6) is 0 Å². The molecule has 582 valence electrons. The van der Waals surface area contributed by atoms with Crippen LogP contribution in [0.1, 0.15) is 102 Å². The van der Waals surface area contributed by atoms with E-state index in [4.69, 9.17) is 51.4 Å². The Bertz CT molecular complexity index is 4600. The summed E-state index contributed by atoms with van der Waals surface area (Å²) in [5, 5.41) is 148. The van der Waals surface area contributed by atoms with Crippen LogP contribution >= 0.6 is 0 Å². The lowest BCUT2D eigenvalue weighted by molar-refractivity contribution is -0.0840. The van der Waals surface area contributed by atoms with Crippen molar-refractivity contribution in [2.75, 3.05) is 29.5 Å². The van der Waals surface area contributed by atoms with Gasteiger partial charge in [0.25, 0.3) is 0 Å². The summed E-state index contributed by atoms with van der Waals surface area (Å²) in [7, 11) is 0. The molecule has 11 aromatic heterocycles. The first kappa shape index (κ1) is 78.3. The number of aliphatic hydroxyl groups excluding tert-OH is 14. The Balaban J connectivity index is 0.000000127. The number of pyridine rings is 4. The van der Waals surface area contributed by atoms with Crippen LogP contribution < -0.4 is 22.9 Å². The highest BCUT2D eigenvalue weighted by molar-refractivity contribution is 5.86. The number of rotatable bonds is 15. The van der Waals surface area contributed by atoms with Gasteiger partial charge in [-0.1, -0.05) is 13.8 Å². The van der Waals surface area contributed by atoms with Crippen LogP contribution in [0.15, 0.2) is 99.0 Å². The maximum Gasteiger partial charge on any atom is 0.165 e. The van der Waals surface area contributed by atoms with Crippen molar-refractivity contribution in [1.82, 2.24) is 82.9 Å². The van der Waals surface area contributed by atoms with Crippen molar-refractivity contribution in [1.29, 1.82) is 0 Å². The van der Waals surface area contributed by atoms with E-state index in [0.29, 0.717) is 105 Å². The van der Waals surface area contributed by atoms with Crippen LogP contribution in [-0.2, 0) is 35.0 Å². The molecule has 0 radical (unpaired) electrons. The minimum atomic E-state index is -1.18. The number of nitrogens with one attached hydrogen (secondary N) is 1. The van der Waals surface area contributed by atoms with Crippen LogP contribution in [0, 0.1) is 6.92 Å². The first-order valence-electron chi connectivity index (χ1n) is 34.7. The van der Waals surface area contributed by atoms with Crippen LogP contribution in [0.3, 0.4) is 0 Å². The smallest absolute Gasteiger partial charge is 0.165 e. The highest BCUT2D eigenvalue weighted by Gasteiger charge is 2.51. The molecule has 23 N–H and O–H groups in total. The molecule has 0 spiro atoms. The lowest BCUT2D eigenvalue weighted by Crippen LogP contribution is -2.38. The number of hydrogen-bond acceptors (Lipinski definition) is 35. The number of fused-ring (bicyclic) bond motifs is 5. The van der Waals surface area contributed by atoms with E-state index in [-0.39, 0.29) is 0 Å². The zero-order chi connectivity index (χ0) is 77.4. The summed E-state index contributed by atoms with van der Waals surface area (Å²) in [6, 6.07) is 10.2. The van der Waals surface area contributed by atoms with Gasteiger partial charge < -0.3 is 127 Å². The van der Waals surface area contributed by atoms with Gasteiger partial charge in [-0.2, -0.15) is 5.10 Å². The average molecular weight is 1510 g/mol. The van der Waals surface area contributed by atoms with Gasteiger partial charge in [-0.15, -0.1) is 0 Å². The molecule has 24 atom stereocenters. The molecule has 0 unspecified atom stereocenters. The molecule has 16 heterocycles. The zero-order valence-electron chi connectivity index (χ0n) is 59.1. The molecule has 0 aromatic carbocycles. The summed E-state index contributed by atoms with van der Waals surface area (Å²) in [5.41, 5.74) is 31.7. The van der Waals surface area contributed by atoms with E-state index in [0.717, 1.165) is 16.8 Å². The SMILES string of the molecule is CCOCc1cc([C@@H]2O[C@@H](n3ccc4c(C)ncnc43)[C@H](O)[C@@H]2O)n[nH]1.CC[C@@H](O)[C@H]1O[C@@H](n2cnc3c(N)ccnc32)[C@H](O)[C@@H]1O.CC[C@H](O)[C@H]1O[C@@H](n2cnc3c(N)ccnc32)[C@H](O)[C@@H]1O.C[C@@H](O)[C@H]1O[C@@H](n2cnc3c(N)ccnc32)[C@H](O)[C@@H]1O.C[C@H](O)[C@H]1O[C@@H](n2cnc3c(N)ccnc32)[C@H](O)[C@@H]1O. The van der Waals surface area contributed by atoms with E-state index in [1.54, 1.807) is 54.9 Å².